The molecule has 1 amide bonds. The van der Waals surface area contributed by atoms with Gasteiger partial charge in [-0.1, -0.05) is 0 Å². The maximum Gasteiger partial charge on any atom is 0.265 e. The van der Waals surface area contributed by atoms with E-state index in [9.17, 15) is 4.79 Å². The number of nitrogens with two attached hydrogens (primary N) is 1. The van der Waals surface area contributed by atoms with E-state index in [-0.39, 0.29) is 5.91 Å². The fourth-order valence-electron chi connectivity index (χ4n) is 1.64. The lowest BCUT2D eigenvalue weighted by Crippen LogP contribution is -2.34. The van der Waals surface area contributed by atoms with Crippen LogP contribution in [0.4, 0.5) is 0 Å². The van der Waals surface area contributed by atoms with Gasteiger partial charge in [0.1, 0.15) is 12.3 Å². The Hall–Kier alpha value is -1.59. The van der Waals surface area contributed by atoms with E-state index in [0.717, 1.165) is 22.3 Å². The molecule has 0 unspecified atom stereocenters. The molecule has 0 spiro atoms. The van der Waals surface area contributed by atoms with E-state index in [4.69, 9.17) is 10.6 Å². The Morgan fingerprint density at radius 3 is 2.53 bits per heavy atom. The lowest BCUT2D eigenvalue weighted by atomic mass is 10.1. The van der Waals surface area contributed by atoms with Gasteiger partial charge in [0.05, 0.1) is 28.3 Å². The van der Waals surface area contributed by atoms with Crippen LogP contribution in [0.15, 0.2) is 18.2 Å². The maximum atomic E-state index is 11.4. The van der Waals surface area contributed by atoms with Crippen molar-refractivity contribution in [2.24, 2.45) is 5.84 Å². The SMILES string of the molecule is COc1ccc(C(=O)NN)cc1C[N+](C)(C)C. The fraction of sp³-hybridized carbons (Fsp3) is 0.417. The van der Waals surface area contributed by atoms with Crippen LogP contribution in [0.25, 0.3) is 0 Å². The Labute approximate surface area is 102 Å². The van der Waals surface area contributed by atoms with Crippen LogP contribution < -0.4 is 16.0 Å². The first-order valence-corrected chi connectivity index (χ1v) is 5.35. The van der Waals surface area contributed by atoms with Crippen molar-refractivity contribution in [3.8, 4) is 5.75 Å². The Bertz CT molecular complexity index is 411. The first-order valence-electron chi connectivity index (χ1n) is 5.35. The number of ether oxygens (including phenoxy) is 1. The topological polar surface area (TPSA) is 64.3 Å². The summed E-state index contributed by atoms with van der Waals surface area (Å²) in [7, 11) is 7.86. The highest BCUT2D eigenvalue weighted by molar-refractivity contribution is 5.94. The second kappa shape index (κ2) is 5.16. The average molecular weight is 238 g/mol. The minimum absolute atomic E-state index is 0.296. The highest BCUT2D eigenvalue weighted by Gasteiger charge is 2.15. The van der Waals surface area contributed by atoms with Gasteiger partial charge < -0.3 is 9.22 Å². The van der Waals surface area contributed by atoms with Gasteiger partial charge in [-0.15, -0.1) is 0 Å². The number of carbonyl (C=O) groups excluding carboxylic acids is 1. The predicted octanol–water partition coefficient (Wildman–Crippen LogP) is 0.505. The van der Waals surface area contributed by atoms with Crippen LogP contribution in [-0.4, -0.2) is 38.6 Å². The van der Waals surface area contributed by atoms with Crippen molar-refractivity contribution in [2.45, 2.75) is 6.54 Å². The van der Waals surface area contributed by atoms with Crippen molar-refractivity contribution in [1.29, 1.82) is 0 Å². The molecule has 3 N–H and O–H groups in total. The van der Waals surface area contributed by atoms with E-state index in [1.165, 1.54) is 0 Å². The molecule has 0 radical (unpaired) electrons. The summed E-state index contributed by atoms with van der Waals surface area (Å²) in [6, 6.07) is 5.29. The van der Waals surface area contributed by atoms with Gasteiger partial charge in [0.15, 0.2) is 0 Å². The van der Waals surface area contributed by atoms with Crippen molar-refractivity contribution in [3.63, 3.8) is 0 Å². The standard InChI is InChI=1S/C12H19N3O2/c1-15(2,3)8-10-7-9(12(16)14-13)5-6-11(10)17-4/h5-7H,8,13H2,1-4H3/p+1. The van der Waals surface area contributed by atoms with Gasteiger partial charge in [0.25, 0.3) is 5.91 Å². The van der Waals surface area contributed by atoms with Gasteiger partial charge in [-0.3, -0.25) is 10.2 Å². The Balaban J connectivity index is 3.11. The largest absolute Gasteiger partial charge is 0.496 e. The van der Waals surface area contributed by atoms with Crippen molar-refractivity contribution >= 4 is 5.91 Å². The number of nitrogens with zero attached hydrogens (tertiary/aromatic N) is 1. The van der Waals surface area contributed by atoms with E-state index < -0.39 is 0 Å². The second-order valence-corrected chi connectivity index (χ2v) is 4.95. The molecule has 0 aliphatic heterocycles. The van der Waals surface area contributed by atoms with Crippen LogP contribution in [-0.2, 0) is 6.54 Å². The molecule has 0 aliphatic rings. The Morgan fingerprint density at radius 2 is 2.06 bits per heavy atom. The van der Waals surface area contributed by atoms with Crippen LogP contribution in [0.3, 0.4) is 0 Å². The molecule has 1 aromatic rings. The summed E-state index contributed by atoms with van der Waals surface area (Å²) in [5.74, 6) is 5.61. The highest BCUT2D eigenvalue weighted by atomic mass is 16.5. The molecule has 0 saturated heterocycles. The number of methoxy groups -OCH3 is 1. The summed E-state index contributed by atoms with van der Waals surface area (Å²) in [5.41, 5.74) is 3.65. The first-order chi connectivity index (χ1) is 7.87. The summed E-state index contributed by atoms with van der Waals surface area (Å²) in [6.07, 6.45) is 0. The molecule has 1 aromatic carbocycles. The van der Waals surface area contributed by atoms with Gasteiger partial charge in [-0.05, 0) is 18.2 Å². The molecule has 17 heavy (non-hydrogen) atoms. The van der Waals surface area contributed by atoms with E-state index in [1.54, 1.807) is 19.2 Å². The molecule has 94 valence electrons. The minimum Gasteiger partial charge on any atom is -0.496 e. The van der Waals surface area contributed by atoms with Crippen molar-refractivity contribution in [2.75, 3.05) is 28.3 Å². The zero-order chi connectivity index (χ0) is 13.1. The molecule has 0 atom stereocenters. The van der Waals surface area contributed by atoms with E-state index >= 15 is 0 Å². The molecule has 5 heteroatoms. The molecule has 0 saturated carbocycles. The minimum atomic E-state index is -0.296. The smallest absolute Gasteiger partial charge is 0.265 e. The first kappa shape index (κ1) is 13.5. The number of hydrogen-bond donors (Lipinski definition) is 2. The second-order valence-electron chi connectivity index (χ2n) is 4.95. The van der Waals surface area contributed by atoms with Crippen molar-refractivity contribution < 1.29 is 14.0 Å². The molecule has 0 aliphatic carbocycles. The maximum absolute atomic E-state index is 11.4. The molecule has 0 bridgehead atoms. The Morgan fingerprint density at radius 1 is 1.41 bits per heavy atom. The Kier molecular flexibility index (Phi) is 4.09. The molecule has 0 heterocycles. The monoisotopic (exact) mass is 238 g/mol. The van der Waals surface area contributed by atoms with Gasteiger partial charge in [-0.2, -0.15) is 0 Å². The summed E-state index contributed by atoms with van der Waals surface area (Å²) in [4.78, 5) is 11.4. The number of hydrazine groups is 1. The number of nitrogens with one attached hydrogen (secondary N) is 1. The van der Waals surface area contributed by atoms with Crippen molar-refractivity contribution in [3.05, 3.63) is 29.3 Å². The number of quaternary nitrogens is 1. The fourth-order valence-corrected chi connectivity index (χ4v) is 1.64. The van der Waals surface area contributed by atoms with Crippen LogP contribution in [0.5, 0.6) is 5.75 Å². The van der Waals surface area contributed by atoms with Crippen LogP contribution in [0.1, 0.15) is 15.9 Å². The molecular formula is C12H20N3O2+. The van der Waals surface area contributed by atoms with Gasteiger partial charge >= 0.3 is 0 Å². The number of rotatable bonds is 4. The van der Waals surface area contributed by atoms with E-state index in [0.29, 0.717) is 5.56 Å². The third-order valence-electron chi connectivity index (χ3n) is 2.32. The number of benzene rings is 1. The van der Waals surface area contributed by atoms with Gasteiger partial charge in [-0.25, -0.2) is 5.84 Å². The number of amides is 1. The lowest BCUT2D eigenvalue weighted by Gasteiger charge is -2.25. The summed E-state index contributed by atoms with van der Waals surface area (Å²) in [6.45, 7) is 0.773. The van der Waals surface area contributed by atoms with Crippen LogP contribution >= 0.6 is 0 Å². The molecular weight excluding hydrogens is 218 g/mol. The van der Waals surface area contributed by atoms with E-state index in [1.807, 2.05) is 6.07 Å². The molecule has 0 aromatic heterocycles. The van der Waals surface area contributed by atoms with Gasteiger partial charge in [0, 0.05) is 11.1 Å². The lowest BCUT2D eigenvalue weighted by molar-refractivity contribution is -0.884. The zero-order valence-corrected chi connectivity index (χ0v) is 10.8. The summed E-state index contributed by atoms with van der Waals surface area (Å²) in [5, 5.41) is 0. The number of hydrogen-bond acceptors (Lipinski definition) is 3. The van der Waals surface area contributed by atoms with Gasteiger partial charge in [0.2, 0.25) is 0 Å². The van der Waals surface area contributed by atoms with Crippen molar-refractivity contribution in [1.82, 2.24) is 5.43 Å². The zero-order valence-electron chi connectivity index (χ0n) is 10.8. The molecule has 1 rings (SSSR count). The summed E-state index contributed by atoms with van der Waals surface area (Å²) >= 11 is 0. The highest BCUT2D eigenvalue weighted by Crippen LogP contribution is 2.22. The number of nitrogen functional groups attached to an aromatic ring is 1. The number of carbonyl (C=O) groups is 1. The quantitative estimate of drug-likeness (QED) is 0.347. The third kappa shape index (κ3) is 3.72. The molecule has 5 nitrogen and oxygen atoms in total. The predicted molar refractivity (Wildman–Crippen MR) is 66.4 cm³/mol. The van der Waals surface area contributed by atoms with Crippen LogP contribution in [0, 0.1) is 0 Å². The normalized spacial score (nSPS) is 11.1. The van der Waals surface area contributed by atoms with Crippen LogP contribution in [0.2, 0.25) is 0 Å². The average Bonchev–Trinajstić information content (AvgIpc) is 2.25. The van der Waals surface area contributed by atoms with E-state index in [2.05, 4.69) is 26.6 Å². The molecule has 0 fully saturated rings. The third-order valence-corrected chi connectivity index (χ3v) is 2.32. The summed E-state index contributed by atoms with van der Waals surface area (Å²) < 4.78 is 6.04.